The van der Waals surface area contributed by atoms with Crippen LogP contribution in [0.1, 0.15) is 63.9 Å². The molecule has 1 saturated heterocycles. The number of benzene rings is 1. The molecule has 2 heterocycles. The van der Waals surface area contributed by atoms with Crippen LogP contribution in [0.4, 0.5) is 0 Å². The standard InChI is InChI=1S/C22H34N2O3/c1-2-3-4-5-6-9-22(25)23-21(24-12-7-8-13-24)17-18-10-11-19-20(16-18)27-15-14-26-19/h10-11,16,21H,2-9,12-15,17H2,1H3,(H,23,25). The van der Waals surface area contributed by atoms with Crippen molar-refractivity contribution in [1.82, 2.24) is 10.2 Å². The van der Waals surface area contributed by atoms with Crippen LogP contribution in [0.2, 0.25) is 0 Å². The summed E-state index contributed by atoms with van der Waals surface area (Å²) in [5, 5.41) is 3.29. The summed E-state index contributed by atoms with van der Waals surface area (Å²) in [5.41, 5.74) is 1.18. The number of nitrogens with one attached hydrogen (secondary N) is 1. The van der Waals surface area contributed by atoms with Crippen LogP contribution in [-0.2, 0) is 11.2 Å². The van der Waals surface area contributed by atoms with Gasteiger partial charge in [0.05, 0.1) is 6.17 Å². The van der Waals surface area contributed by atoms with Crippen molar-refractivity contribution >= 4 is 5.91 Å². The zero-order valence-corrected chi connectivity index (χ0v) is 16.7. The minimum atomic E-state index is 0.0678. The molecule has 0 aliphatic carbocycles. The van der Waals surface area contributed by atoms with Crippen molar-refractivity contribution < 1.29 is 14.3 Å². The molecule has 1 N–H and O–H groups in total. The van der Waals surface area contributed by atoms with Crippen LogP contribution in [0.15, 0.2) is 18.2 Å². The van der Waals surface area contributed by atoms with Crippen molar-refractivity contribution in [3.63, 3.8) is 0 Å². The van der Waals surface area contributed by atoms with E-state index in [1.165, 1.54) is 37.7 Å². The Kier molecular flexibility index (Phi) is 7.81. The number of ether oxygens (including phenoxy) is 2. The van der Waals surface area contributed by atoms with E-state index in [0.717, 1.165) is 43.9 Å². The zero-order chi connectivity index (χ0) is 18.9. The predicted octanol–water partition coefficient (Wildman–Crippen LogP) is 3.90. The van der Waals surface area contributed by atoms with E-state index in [9.17, 15) is 4.79 Å². The lowest BCUT2D eigenvalue weighted by Crippen LogP contribution is -2.48. The van der Waals surface area contributed by atoms with Crippen molar-refractivity contribution in [3.05, 3.63) is 23.8 Å². The molecule has 0 radical (unpaired) electrons. The Labute approximate surface area is 163 Å². The molecule has 1 amide bonds. The monoisotopic (exact) mass is 374 g/mol. The van der Waals surface area contributed by atoms with Gasteiger partial charge < -0.3 is 14.8 Å². The van der Waals surface area contributed by atoms with Gasteiger partial charge >= 0.3 is 0 Å². The topological polar surface area (TPSA) is 50.8 Å². The van der Waals surface area contributed by atoms with Gasteiger partial charge in [-0.05, 0) is 37.0 Å². The summed E-state index contributed by atoms with van der Waals surface area (Å²) in [6, 6.07) is 6.14. The van der Waals surface area contributed by atoms with Gasteiger partial charge in [0.15, 0.2) is 11.5 Å². The number of likely N-dealkylation sites (tertiary alicyclic amines) is 1. The van der Waals surface area contributed by atoms with Crippen LogP contribution in [0.3, 0.4) is 0 Å². The normalized spacial score (nSPS) is 17.7. The molecule has 150 valence electrons. The molecule has 1 aromatic rings. The van der Waals surface area contributed by atoms with E-state index >= 15 is 0 Å². The lowest BCUT2D eigenvalue weighted by molar-refractivity contribution is -0.123. The minimum absolute atomic E-state index is 0.0678. The molecule has 1 atom stereocenters. The van der Waals surface area contributed by atoms with Crippen LogP contribution in [0.5, 0.6) is 11.5 Å². The van der Waals surface area contributed by atoms with Crippen molar-refractivity contribution in [2.45, 2.75) is 70.9 Å². The van der Waals surface area contributed by atoms with Gasteiger partial charge in [-0.25, -0.2) is 0 Å². The van der Waals surface area contributed by atoms with Crippen LogP contribution < -0.4 is 14.8 Å². The number of rotatable bonds is 10. The third kappa shape index (κ3) is 6.13. The van der Waals surface area contributed by atoms with Gasteiger partial charge in [-0.3, -0.25) is 9.69 Å². The van der Waals surface area contributed by atoms with Gasteiger partial charge in [0.2, 0.25) is 5.91 Å². The second-order valence-electron chi connectivity index (χ2n) is 7.67. The number of carbonyl (C=O) groups excluding carboxylic acids is 1. The Hall–Kier alpha value is -1.75. The summed E-state index contributed by atoms with van der Waals surface area (Å²) in [4.78, 5) is 14.9. The van der Waals surface area contributed by atoms with Crippen LogP contribution in [0, 0.1) is 0 Å². The maximum Gasteiger partial charge on any atom is 0.221 e. The molecule has 3 rings (SSSR count). The molecule has 5 nitrogen and oxygen atoms in total. The highest BCUT2D eigenvalue weighted by Crippen LogP contribution is 2.31. The Morgan fingerprint density at radius 1 is 1.07 bits per heavy atom. The van der Waals surface area contributed by atoms with Crippen LogP contribution in [0.25, 0.3) is 0 Å². The molecule has 1 unspecified atom stereocenters. The first kappa shape index (κ1) is 20.0. The van der Waals surface area contributed by atoms with Crippen molar-refractivity contribution in [2.24, 2.45) is 0 Å². The number of unbranched alkanes of at least 4 members (excludes halogenated alkanes) is 4. The Bertz CT molecular complexity index is 599. The first-order chi connectivity index (χ1) is 13.3. The predicted molar refractivity (Wildman–Crippen MR) is 107 cm³/mol. The molecule has 0 aromatic heterocycles. The largest absolute Gasteiger partial charge is 0.486 e. The molecule has 0 spiro atoms. The quantitative estimate of drug-likeness (QED) is 0.631. The van der Waals surface area contributed by atoms with E-state index in [1.54, 1.807) is 0 Å². The van der Waals surface area contributed by atoms with Crippen molar-refractivity contribution in [3.8, 4) is 11.5 Å². The molecular weight excluding hydrogens is 340 g/mol. The lowest BCUT2D eigenvalue weighted by atomic mass is 10.1. The Morgan fingerprint density at radius 3 is 2.59 bits per heavy atom. The van der Waals surface area contributed by atoms with E-state index in [-0.39, 0.29) is 12.1 Å². The van der Waals surface area contributed by atoms with Gasteiger partial charge in [0.1, 0.15) is 13.2 Å². The van der Waals surface area contributed by atoms with E-state index in [1.807, 2.05) is 6.07 Å². The number of fused-ring (bicyclic) bond motifs is 1. The summed E-state index contributed by atoms with van der Waals surface area (Å²) in [6.07, 6.45) is 9.80. The van der Waals surface area contributed by atoms with E-state index in [4.69, 9.17) is 9.47 Å². The zero-order valence-electron chi connectivity index (χ0n) is 16.7. The van der Waals surface area contributed by atoms with Crippen LogP contribution in [-0.4, -0.2) is 43.3 Å². The van der Waals surface area contributed by atoms with Gasteiger partial charge in [-0.15, -0.1) is 0 Å². The highest BCUT2D eigenvalue weighted by Gasteiger charge is 2.24. The molecule has 2 aliphatic rings. The molecule has 27 heavy (non-hydrogen) atoms. The first-order valence-electron chi connectivity index (χ1n) is 10.7. The maximum atomic E-state index is 12.5. The molecule has 1 fully saturated rings. The number of hydrogen-bond acceptors (Lipinski definition) is 4. The summed E-state index contributed by atoms with van der Waals surface area (Å²) in [7, 11) is 0. The lowest BCUT2D eigenvalue weighted by Gasteiger charge is -2.29. The Balaban J connectivity index is 1.56. The van der Waals surface area contributed by atoms with Crippen LogP contribution >= 0.6 is 0 Å². The van der Waals surface area contributed by atoms with Crippen molar-refractivity contribution in [1.29, 1.82) is 0 Å². The number of nitrogens with zero attached hydrogens (tertiary/aromatic N) is 1. The van der Waals surface area contributed by atoms with E-state index in [0.29, 0.717) is 19.6 Å². The SMILES string of the molecule is CCCCCCCC(=O)NC(Cc1ccc2c(c1)OCCO2)N1CCCC1. The average molecular weight is 375 g/mol. The number of hydrogen-bond donors (Lipinski definition) is 1. The summed E-state index contributed by atoms with van der Waals surface area (Å²) >= 11 is 0. The molecular formula is C22H34N2O3. The summed E-state index contributed by atoms with van der Waals surface area (Å²) in [6.45, 7) is 5.54. The summed E-state index contributed by atoms with van der Waals surface area (Å²) in [5.74, 6) is 1.82. The summed E-state index contributed by atoms with van der Waals surface area (Å²) < 4.78 is 11.3. The Morgan fingerprint density at radius 2 is 1.81 bits per heavy atom. The van der Waals surface area contributed by atoms with E-state index in [2.05, 4.69) is 29.3 Å². The smallest absolute Gasteiger partial charge is 0.221 e. The highest BCUT2D eigenvalue weighted by atomic mass is 16.6. The van der Waals surface area contributed by atoms with E-state index < -0.39 is 0 Å². The fourth-order valence-electron chi connectivity index (χ4n) is 3.91. The van der Waals surface area contributed by atoms with Gasteiger partial charge in [0.25, 0.3) is 0 Å². The number of carbonyl (C=O) groups is 1. The highest BCUT2D eigenvalue weighted by molar-refractivity contribution is 5.76. The van der Waals surface area contributed by atoms with Gasteiger partial charge in [0, 0.05) is 25.9 Å². The number of amides is 1. The van der Waals surface area contributed by atoms with Crippen molar-refractivity contribution in [2.75, 3.05) is 26.3 Å². The molecule has 2 aliphatic heterocycles. The average Bonchev–Trinajstić information content (AvgIpc) is 3.22. The second-order valence-corrected chi connectivity index (χ2v) is 7.67. The second kappa shape index (κ2) is 10.5. The maximum absolute atomic E-state index is 12.5. The minimum Gasteiger partial charge on any atom is -0.486 e. The third-order valence-corrected chi connectivity index (χ3v) is 5.45. The molecule has 1 aromatic carbocycles. The fourth-order valence-corrected chi connectivity index (χ4v) is 3.91. The molecule has 5 heteroatoms. The fraction of sp³-hybridized carbons (Fsp3) is 0.682. The van der Waals surface area contributed by atoms with Gasteiger partial charge in [-0.1, -0.05) is 38.7 Å². The molecule has 0 saturated carbocycles. The molecule has 0 bridgehead atoms. The van der Waals surface area contributed by atoms with Gasteiger partial charge in [-0.2, -0.15) is 0 Å². The first-order valence-corrected chi connectivity index (χ1v) is 10.7. The third-order valence-electron chi connectivity index (χ3n) is 5.45.